The van der Waals surface area contributed by atoms with Crippen molar-refractivity contribution < 1.29 is 10.2 Å². The van der Waals surface area contributed by atoms with E-state index >= 15 is 0 Å². The van der Waals surface area contributed by atoms with Gasteiger partial charge in [-0.3, -0.25) is 0 Å². The molecule has 194 valence electrons. The average molecular weight is 455 g/mol. The minimum atomic E-state index is -0.0594. The summed E-state index contributed by atoms with van der Waals surface area (Å²) >= 11 is 0. The van der Waals surface area contributed by atoms with Crippen molar-refractivity contribution in [1.82, 2.24) is 0 Å². The topological polar surface area (TPSA) is 40.5 Å². The Kier molecular flexibility index (Phi) is 28.9. The molecule has 1 atom stereocenters. The van der Waals surface area contributed by atoms with Gasteiger partial charge in [0.25, 0.3) is 0 Å². The normalized spacial score (nSPS) is 12.5. The van der Waals surface area contributed by atoms with E-state index in [0.717, 1.165) is 19.3 Å². The van der Waals surface area contributed by atoms with Gasteiger partial charge in [-0.05, 0) is 19.3 Å². The first-order valence-electron chi connectivity index (χ1n) is 15.1. The molecule has 0 bridgehead atoms. The minimum Gasteiger partial charge on any atom is -0.396 e. The van der Waals surface area contributed by atoms with Gasteiger partial charge >= 0.3 is 0 Å². The van der Waals surface area contributed by atoms with Crippen LogP contribution >= 0.6 is 0 Å². The minimum absolute atomic E-state index is 0.0594. The van der Waals surface area contributed by atoms with Crippen molar-refractivity contribution in [2.45, 2.75) is 186 Å². The van der Waals surface area contributed by atoms with Crippen molar-refractivity contribution >= 4 is 0 Å². The Balaban J connectivity index is 3.11. The van der Waals surface area contributed by atoms with Crippen LogP contribution in [-0.4, -0.2) is 22.9 Å². The van der Waals surface area contributed by atoms with Crippen LogP contribution in [0.5, 0.6) is 0 Å². The molecule has 32 heavy (non-hydrogen) atoms. The highest BCUT2D eigenvalue weighted by molar-refractivity contribution is 4.58. The van der Waals surface area contributed by atoms with Gasteiger partial charge in [-0.15, -0.1) is 0 Å². The summed E-state index contributed by atoms with van der Waals surface area (Å²) in [6, 6.07) is 0. The van der Waals surface area contributed by atoms with E-state index in [2.05, 4.69) is 6.92 Å². The van der Waals surface area contributed by atoms with Crippen LogP contribution in [0.1, 0.15) is 180 Å². The molecule has 0 heterocycles. The summed E-state index contributed by atoms with van der Waals surface area (Å²) in [4.78, 5) is 0. The smallest absolute Gasteiger partial charge is 0.0540 e. The highest BCUT2D eigenvalue weighted by Crippen LogP contribution is 2.16. The zero-order valence-electron chi connectivity index (χ0n) is 22.3. The highest BCUT2D eigenvalue weighted by Gasteiger charge is 2.04. The Labute approximate surface area is 203 Å². The molecule has 0 aromatic rings. The van der Waals surface area contributed by atoms with Crippen molar-refractivity contribution in [3.8, 4) is 0 Å². The van der Waals surface area contributed by atoms with Gasteiger partial charge in [-0.2, -0.15) is 0 Å². The maximum atomic E-state index is 10.2. The van der Waals surface area contributed by atoms with Gasteiger partial charge in [0, 0.05) is 6.61 Å². The molecule has 0 aliphatic heterocycles. The molecule has 0 aliphatic rings. The van der Waals surface area contributed by atoms with Crippen LogP contribution in [0.4, 0.5) is 0 Å². The van der Waals surface area contributed by atoms with E-state index in [-0.39, 0.29) is 6.10 Å². The molecule has 0 aromatic heterocycles. The first kappa shape index (κ1) is 31.9. The van der Waals surface area contributed by atoms with Gasteiger partial charge in [0.1, 0.15) is 0 Å². The van der Waals surface area contributed by atoms with E-state index in [4.69, 9.17) is 5.11 Å². The monoisotopic (exact) mass is 454 g/mol. The molecule has 0 unspecified atom stereocenters. The zero-order chi connectivity index (χ0) is 23.4. The molecule has 0 amide bonds. The van der Waals surface area contributed by atoms with E-state index < -0.39 is 0 Å². The van der Waals surface area contributed by atoms with E-state index in [1.807, 2.05) is 0 Å². The van der Waals surface area contributed by atoms with Crippen LogP contribution in [0.15, 0.2) is 0 Å². The predicted octanol–water partition coefficient (Wildman–Crippen LogP) is 9.89. The first-order valence-corrected chi connectivity index (χ1v) is 15.1. The maximum absolute atomic E-state index is 10.2. The standard InChI is InChI=1S/C30H62O2/c1-2-3-4-5-6-7-8-9-10-11-12-13-14-15-18-21-24-27-30(32)28-25-22-19-16-17-20-23-26-29-31/h30-32H,2-29H2,1H3/t30-/m0/s1. The summed E-state index contributed by atoms with van der Waals surface area (Å²) in [5, 5.41) is 18.9. The summed E-state index contributed by atoms with van der Waals surface area (Å²) in [7, 11) is 0. The van der Waals surface area contributed by atoms with Crippen LogP contribution in [0, 0.1) is 0 Å². The van der Waals surface area contributed by atoms with E-state index in [1.165, 1.54) is 154 Å². The molecule has 2 nitrogen and oxygen atoms in total. The quantitative estimate of drug-likeness (QED) is 0.115. The fraction of sp³-hybridized carbons (Fsp3) is 1.00. The summed E-state index contributed by atoms with van der Waals surface area (Å²) in [5.74, 6) is 0. The summed E-state index contributed by atoms with van der Waals surface area (Å²) < 4.78 is 0. The van der Waals surface area contributed by atoms with Crippen molar-refractivity contribution in [2.75, 3.05) is 6.61 Å². The fourth-order valence-electron chi connectivity index (χ4n) is 4.80. The molecule has 0 radical (unpaired) electrons. The van der Waals surface area contributed by atoms with Crippen LogP contribution in [-0.2, 0) is 0 Å². The molecule has 2 N–H and O–H groups in total. The maximum Gasteiger partial charge on any atom is 0.0540 e. The van der Waals surface area contributed by atoms with Gasteiger partial charge in [0.15, 0.2) is 0 Å². The van der Waals surface area contributed by atoms with Gasteiger partial charge in [0.2, 0.25) is 0 Å². The molecule has 0 saturated carbocycles. The Hall–Kier alpha value is -0.0800. The second-order valence-electron chi connectivity index (χ2n) is 10.4. The number of hydrogen-bond acceptors (Lipinski definition) is 2. The Morgan fingerprint density at radius 1 is 0.375 bits per heavy atom. The Morgan fingerprint density at radius 3 is 0.906 bits per heavy atom. The second kappa shape index (κ2) is 29.0. The van der Waals surface area contributed by atoms with Crippen LogP contribution in [0.25, 0.3) is 0 Å². The Bertz CT molecular complexity index is 318. The molecule has 0 fully saturated rings. The lowest BCUT2D eigenvalue weighted by Gasteiger charge is -2.10. The molecule has 0 aromatic carbocycles. The van der Waals surface area contributed by atoms with Crippen molar-refractivity contribution in [2.24, 2.45) is 0 Å². The molecule has 2 heteroatoms. The average Bonchev–Trinajstić information content (AvgIpc) is 2.80. The van der Waals surface area contributed by atoms with Gasteiger partial charge in [-0.1, -0.05) is 161 Å². The lowest BCUT2D eigenvalue weighted by Crippen LogP contribution is -2.05. The van der Waals surface area contributed by atoms with Crippen LogP contribution in [0.3, 0.4) is 0 Å². The zero-order valence-corrected chi connectivity index (χ0v) is 22.3. The largest absolute Gasteiger partial charge is 0.396 e. The third-order valence-electron chi connectivity index (χ3n) is 7.09. The first-order chi connectivity index (χ1) is 15.8. The van der Waals surface area contributed by atoms with E-state index in [1.54, 1.807) is 0 Å². The number of unbranched alkanes of at least 4 members (excludes halogenated alkanes) is 23. The van der Waals surface area contributed by atoms with E-state index in [9.17, 15) is 5.11 Å². The molecular weight excluding hydrogens is 392 g/mol. The third-order valence-corrected chi connectivity index (χ3v) is 7.09. The third kappa shape index (κ3) is 28.0. The predicted molar refractivity (Wildman–Crippen MR) is 143 cm³/mol. The van der Waals surface area contributed by atoms with Gasteiger partial charge in [-0.25, -0.2) is 0 Å². The number of aliphatic hydroxyl groups excluding tert-OH is 2. The number of aliphatic hydroxyl groups is 2. The molecule has 0 spiro atoms. The second-order valence-corrected chi connectivity index (χ2v) is 10.4. The van der Waals surface area contributed by atoms with Crippen LogP contribution < -0.4 is 0 Å². The highest BCUT2D eigenvalue weighted by atomic mass is 16.3. The molecule has 0 aliphatic carbocycles. The van der Waals surface area contributed by atoms with Gasteiger partial charge < -0.3 is 10.2 Å². The summed E-state index contributed by atoms with van der Waals surface area (Å²) in [6.07, 6.45) is 35.8. The number of hydrogen-bond donors (Lipinski definition) is 2. The summed E-state index contributed by atoms with van der Waals surface area (Å²) in [6.45, 7) is 2.64. The fourth-order valence-corrected chi connectivity index (χ4v) is 4.80. The van der Waals surface area contributed by atoms with Crippen molar-refractivity contribution in [3.63, 3.8) is 0 Å². The lowest BCUT2D eigenvalue weighted by molar-refractivity contribution is 0.147. The SMILES string of the molecule is CCCCCCCCCCCCCCCCCCC[C@H](O)CCCCCCCCCCO. The van der Waals surface area contributed by atoms with Gasteiger partial charge in [0.05, 0.1) is 6.10 Å². The van der Waals surface area contributed by atoms with E-state index in [0.29, 0.717) is 6.61 Å². The van der Waals surface area contributed by atoms with Crippen molar-refractivity contribution in [1.29, 1.82) is 0 Å². The number of rotatable bonds is 28. The molecular formula is C30H62O2. The molecule has 0 rings (SSSR count). The summed E-state index contributed by atoms with van der Waals surface area (Å²) in [5.41, 5.74) is 0. The lowest BCUT2D eigenvalue weighted by atomic mass is 10.0. The Morgan fingerprint density at radius 2 is 0.625 bits per heavy atom. The van der Waals surface area contributed by atoms with Crippen molar-refractivity contribution in [3.05, 3.63) is 0 Å². The molecule has 0 saturated heterocycles. The van der Waals surface area contributed by atoms with Crippen LogP contribution in [0.2, 0.25) is 0 Å².